The fraction of sp³-hybridized carbons (Fsp3) is 0.467. The van der Waals surface area contributed by atoms with E-state index in [9.17, 15) is 9.59 Å². The minimum absolute atomic E-state index is 0.0395. The summed E-state index contributed by atoms with van der Waals surface area (Å²) in [6.45, 7) is 0.609. The van der Waals surface area contributed by atoms with E-state index in [0.717, 1.165) is 11.3 Å². The van der Waals surface area contributed by atoms with Crippen LogP contribution in [0, 0.1) is 0 Å². The van der Waals surface area contributed by atoms with Crippen LogP contribution in [0.3, 0.4) is 0 Å². The Kier molecular flexibility index (Phi) is 7.25. The molecule has 0 unspecified atom stereocenters. The number of rotatable bonds is 9. The Balaban J connectivity index is 2.57. The molecule has 0 spiro atoms. The number of aliphatic carboxylic acids is 1. The summed E-state index contributed by atoms with van der Waals surface area (Å²) in [6.07, 6.45) is 0.580. The second kappa shape index (κ2) is 8.97. The van der Waals surface area contributed by atoms with Crippen LogP contribution in [0.1, 0.15) is 12.0 Å². The molecule has 6 heteroatoms. The number of hydrogen-bond donors (Lipinski definition) is 1. The highest BCUT2D eigenvalue weighted by Gasteiger charge is 2.14. The predicted molar refractivity (Wildman–Crippen MR) is 77.4 cm³/mol. The fourth-order valence-electron chi connectivity index (χ4n) is 1.86. The summed E-state index contributed by atoms with van der Waals surface area (Å²) in [5.74, 6) is -0.348. The van der Waals surface area contributed by atoms with Crippen molar-refractivity contribution >= 4 is 11.9 Å². The molecule has 0 aromatic heterocycles. The van der Waals surface area contributed by atoms with Gasteiger partial charge < -0.3 is 19.5 Å². The molecule has 0 saturated carbocycles. The molecule has 0 radical (unpaired) electrons. The number of ether oxygens (including phenoxy) is 2. The zero-order valence-electron chi connectivity index (χ0n) is 12.4. The molecule has 0 saturated heterocycles. The van der Waals surface area contributed by atoms with Crippen molar-refractivity contribution in [1.29, 1.82) is 0 Å². The molecule has 0 aliphatic rings. The van der Waals surface area contributed by atoms with Gasteiger partial charge in [0.15, 0.2) is 0 Å². The lowest BCUT2D eigenvalue weighted by Crippen LogP contribution is -2.37. The van der Waals surface area contributed by atoms with Crippen molar-refractivity contribution in [3.63, 3.8) is 0 Å². The molecule has 1 N–H and O–H groups in total. The van der Waals surface area contributed by atoms with Crippen LogP contribution in [0.4, 0.5) is 0 Å². The third-order valence-electron chi connectivity index (χ3n) is 3.05. The Hall–Kier alpha value is -2.08. The fourth-order valence-corrected chi connectivity index (χ4v) is 1.86. The third-order valence-corrected chi connectivity index (χ3v) is 3.05. The zero-order valence-corrected chi connectivity index (χ0v) is 12.4. The number of hydrogen-bond acceptors (Lipinski definition) is 4. The maximum absolute atomic E-state index is 11.9. The lowest BCUT2D eigenvalue weighted by molar-refractivity contribution is -0.139. The highest BCUT2D eigenvalue weighted by molar-refractivity contribution is 5.78. The van der Waals surface area contributed by atoms with Crippen molar-refractivity contribution in [2.45, 2.75) is 12.8 Å². The minimum atomic E-state index is -0.922. The highest BCUT2D eigenvalue weighted by atomic mass is 16.5. The SMILES string of the molecule is COCC(=O)N(CCC(=O)O)CCc1ccc(OC)cc1. The second-order valence-corrected chi connectivity index (χ2v) is 4.56. The van der Waals surface area contributed by atoms with Gasteiger partial charge in [0.2, 0.25) is 5.91 Å². The number of methoxy groups -OCH3 is 2. The van der Waals surface area contributed by atoms with Crippen LogP contribution in [0.25, 0.3) is 0 Å². The Morgan fingerprint density at radius 3 is 2.33 bits per heavy atom. The Bertz CT molecular complexity index is 458. The lowest BCUT2D eigenvalue weighted by Gasteiger charge is -2.21. The van der Waals surface area contributed by atoms with Crippen molar-refractivity contribution < 1.29 is 24.2 Å². The monoisotopic (exact) mass is 295 g/mol. The maximum Gasteiger partial charge on any atom is 0.305 e. The molecule has 1 amide bonds. The van der Waals surface area contributed by atoms with E-state index in [1.165, 1.54) is 12.0 Å². The molecule has 0 fully saturated rings. The van der Waals surface area contributed by atoms with E-state index in [1.54, 1.807) is 7.11 Å². The Morgan fingerprint density at radius 1 is 1.14 bits per heavy atom. The predicted octanol–water partition coefficient (Wildman–Crippen LogP) is 1.19. The minimum Gasteiger partial charge on any atom is -0.497 e. The maximum atomic E-state index is 11.9. The summed E-state index contributed by atoms with van der Waals surface area (Å²) in [5, 5.41) is 8.73. The van der Waals surface area contributed by atoms with E-state index >= 15 is 0 Å². The first-order valence-electron chi connectivity index (χ1n) is 6.68. The van der Waals surface area contributed by atoms with Crippen LogP contribution in [0.5, 0.6) is 5.75 Å². The van der Waals surface area contributed by atoms with E-state index in [4.69, 9.17) is 14.6 Å². The number of nitrogens with zero attached hydrogens (tertiary/aromatic N) is 1. The number of carbonyl (C=O) groups excluding carboxylic acids is 1. The van der Waals surface area contributed by atoms with Crippen LogP contribution >= 0.6 is 0 Å². The topological polar surface area (TPSA) is 76.1 Å². The first-order valence-corrected chi connectivity index (χ1v) is 6.68. The Morgan fingerprint density at radius 2 is 1.81 bits per heavy atom. The summed E-state index contributed by atoms with van der Waals surface area (Å²) in [6, 6.07) is 7.56. The first kappa shape index (κ1) is 17.0. The van der Waals surface area contributed by atoms with Gasteiger partial charge in [-0.3, -0.25) is 9.59 Å². The first-order chi connectivity index (χ1) is 10.1. The number of carboxylic acid groups (broad SMARTS) is 1. The molecule has 21 heavy (non-hydrogen) atoms. The summed E-state index contributed by atoms with van der Waals surface area (Å²) in [4.78, 5) is 24.0. The molecular weight excluding hydrogens is 274 g/mol. The molecule has 0 aliphatic carbocycles. The lowest BCUT2D eigenvalue weighted by atomic mass is 10.1. The molecule has 1 aromatic carbocycles. The highest BCUT2D eigenvalue weighted by Crippen LogP contribution is 2.12. The van der Waals surface area contributed by atoms with Gasteiger partial charge in [0.25, 0.3) is 0 Å². The Labute approximate surface area is 124 Å². The van der Waals surface area contributed by atoms with Gasteiger partial charge in [-0.1, -0.05) is 12.1 Å². The van der Waals surface area contributed by atoms with Crippen molar-refractivity contribution in [2.24, 2.45) is 0 Å². The average Bonchev–Trinajstić information content (AvgIpc) is 2.47. The van der Waals surface area contributed by atoms with Gasteiger partial charge in [-0.15, -0.1) is 0 Å². The van der Waals surface area contributed by atoms with Crippen LogP contribution in [-0.2, 0) is 20.7 Å². The smallest absolute Gasteiger partial charge is 0.305 e. The number of carboxylic acids is 1. The van der Waals surface area contributed by atoms with E-state index < -0.39 is 5.97 Å². The molecule has 1 rings (SSSR count). The standard InChI is InChI=1S/C15H21NO5/c1-20-11-14(17)16(10-8-15(18)19)9-7-12-3-5-13(21-2)6-4-12/h3-6H,7-11H2,1-2H3,(H,18,19). The normalized spacial score (nSPS) is 10.2. The second-order valence-electron chi connectivity index (χ2n) is 4.56. The summed E-state index contributed by atoms with van der Waals surface area (Å²) in [5.41, 5.74) is 1.06. The van der Waals surface area contributed by atoms with Gasteiger partial charge in [0.1, 0.15) is 12.4 Å². The van der Waals surface area contributed by atoms with Crippen molar-refractivity contribution in [1.82, 2.24) is 4.90 Å². The third kappa shape index (κ3) is 6.27. The van der Waals surface area contributed by atoms with E-state index in [2.05, 4.69) is 0 Å². The van der Waals surface area contributed by atoms with Gasteiger partial charge >= 0.3 is 5.97 Å². The molecule has 0 atom stereocenters. The van der Waals surface area contributed by atoms with Gasteiger partial charge in [0, 0.05) is 20.2 Å². The van der Waals surface area contributed by atoms with Gasteiger partial charge in [-0.2, -0.15) is 0 Å². The van der Waals surface area contributed by atoms with Gasteiger partial charge in [-0.25, -0.2) is 0 Å². The summed E-state index contributed by atoms with van der Waals surface area (Å²) >= 11 is 0. The van der Waals surface area contributed by atoms with E-state index in [1.807, 2.05) is 24.3 Å². The molecular formula is C15H21NO5. The quantitative estimate of drug-likeness (QED) is 0.740. The average molecular weight is 295 g/mol. The largest absolute Gasteiger partial charge is 0.497 e. The van der Waals surface area contributed by atoms with E-state index in [0.29, 0.717) is 13.0 Å². The number of benzene rings is 1. The van der Waals surface area contributed by atoms with Gasteiger partial charge in [-0.05, 0) is 24.1 Å². The van der Waals surface area contributed by atoms with Crippen molar-refractivity contribution in [2.75, 3.05) is 33.9 Å². The van der Waals surface area contributed by atoms with Crippen LogP contribution in [-0.4, -0.2) is 55.8 Å². The van der Waals surface area contributed by atoms with Crippen molar-refractivity contribution in [3.05, 3.63) is 29.8 Å². The van der Waals surface area contributed by atoms with Crippen molar-refractivity contribution in [3.8, 4) is 5.75 Å². The number of amides is 1. The molecule has 0 bridgehead atoms. The molecule has 1 aromatic rings. The van der Waals surface area contributed by atoms with E-state index in [-0.39, 0.29) is 25.5 Å². The zero-order chi connectivity index (χ0) is 15.7. The summed E-state index contributed by atoms with van der Waals surface area (Å²) in [7, 11) is 3.04. The molecule has 6 nitrogen and oxygen atoms in total. The molecule has 0 aliphatic heterocycles. The van der Waals surface area contributed by atoms with Crippen LogP contribution in [0.15, 0.2) is 24.3 Å². The van der Waals surface area contributed by atoms with Crippen LogP contribution < -0.4 is 4.74 Å². The molecule has 116 valence electrons. The molecule has 0 heterocycles. The number of carbonyl (C=O) groups is 2. The van der Waals surface area contributed by atoms with Gasteiger partial charge in [0.05, 0.1) is 13.5 Å². The van der Waals surface area contributed by atoms with Crippen LogP contribution in [0.2, 0.25) is 0 Å². The summed E-state index contributed by atoms with van der Waals surface area (Å²) < 4.78 is 9.90.